The van der Waals surface area contributed by atoms with Gasteiger partial charge in [-0.2, -0.15) is 5.10 Å². The molecule has 0 spiro atoms. The number of aryl methyl sites for hydroxylation is 2. The normalized spacial score (nSPS) is 11.2. The van der Waals surface area contributed by atoms with Crippen molar-refractivity contribution in [3.63, 3.8) is 0 Å². The zero-order valence-corrected chi connectivity index (χ0v) is 19.8. The molecule has 0 bridgehead atoms. The second-order valence-corrected chi connectivity index (χ2v) is 9.77. The van der Waals surface area contributed by atoms with Gasteiger partial charge >= 0.3 is 0 Å². The molecular weight excluding hydrogens is 448 g/mol. The van der Waals surface area contributed by atoms with E-state index >= 15 is 0 Å². The summed E-state index contributed by atoms with van der Waals surface area (Å²) in [6, 6.07) is 24.6. The molecule has 0 saturated carbocycles. The lowest BCUT2D eigenvalue weighted by molar-refractivity contribution is 0.0951. The van der Waals surface area contributed by atoms with Gasteiger partial charge in [-0.3, -0.25) is 14.2 Å². The van der Waals surface area contributed by atoms with Crippen molar-refractivity contribution in [3.05, 3.63) is 113 Å². The molecule has 0 aliphatic carbocycles. The van der Waals surface area contributed by atoms with E-state index in [4.69, 9.17) is 0 Å². The first-order chi connectivity index (χ1) is 16.3. The molecule has 1 amide bonds. The van der Waals surface area contributed by atoms with Crippen molar-refractivity contribution in [2.24, 2.45) is 0 Å². The maximum atomic E-state index is 12.6. The van der Waals surface area contributed by atoms with Crippen LogP contribution in [0.15, 0.2) is 89.8 Å². The number of carbonyl (C=O) groups is 1. The summed E-state index contributed by atoms with van der Waals surface area (Å²) in [6.45, 7) is 5.02. The highest BCUT2D eigenvalue weighted by Gasteiger charge is 2.15. The molecule has 2 N–H and O–H groups in total. The quantitative estimate of drug-likeness (QED) is 0.399. The van der Waals surface area contributed by atoms with Gasteiger partial charge in [-0.25, -0.2) is 8.42 Å². The molecule has 0 fully saturated rings. The third-order valence-corrected chi connectivity index (χ3v) is 6.73. The van der Waals surface area contributed by atoms with Gasteiger partial charge in [0.05, 0.1) is 17.1 Å². The molecule has 1 aromatic heterocycles. The molecule has 0 unspecified atom stereocenters. The van der Waals surface area contributed by atoms with Crippen LogP contribution in [0.5, 0.6) is 0 Å². The largest absolute Gasteiger partial charge is 0.348 e. The number of nitrogens with one attached hydrogen (secondary N) is 2. The van der Waals surface area contributed by atoms with Gasteiger partial charge < -0.3 is 5.32 Å². The molecule has 0 saturated heterocycles. The first-order valence-corrected chi connectivity index (χ1v) is 12.3. The molecule has 34 heavy (non-hydrogen) atoms. The highest BCUT2D eigenvalue weighted by atomic mass is 32.2. The number of aromatic nitrogens is 2. The lowest BCUT2D eigenvalue weighted by atomic mass is 10.1. The smallest absolute Gasteiger partial charge is 0.261 e. The fourth-order valence-corrected chi connectivity index (χ4v) is 4.69. The van der Waals surface area contributed by atoms with Gasteiger partial charge in [0.1, 0.15) is 0 Å². The predicted octanol–water partition coefficient (Wildman–Crippen LogP) is 4.28. The van der Waals surface area contributed by atoms with E-state index in [0.29, 0.717) is 24.3 Å². The Morgan fingerprint density at radius 1 is 0.882 bits per heavy atom. The standard InChI is InChI=1S/C26H26N4O3S/c1-19-15-20(2)30(28-19)18-22-8-6-7-21(16-22)17-27-26(31)23-11-13-25(14-12-23)34(32,33)29-24-9-4-3-5-10-24/h3-16,29H,17-18H2,1-2H3,(H,27,31). The van der Waals surface area contributed by atoms with E-state index < -0.39 is 10.0 Å². The van der Waals surface area contributed by atoms with E-state index in [-0.39, 0.29) is 10.8 Å². The summed E-state index contributed by atoms with van der Waals surface area (Å²) >= 11 is 0. The van der Waals surface area contributed by atoms with Crippen LogP contribution in [0.1, 0.15) is 32.9 Å². The summed E-state index contributed by atoms with van der Waals surface area (Å²) in [7, 11) is -3.73. The van der Waals surface area contributed by atoms with Gasteiger partial charge in [0.2, 0.25) is 0 Å². The maximum Gasteiger partial charge on any atom is 0.261 e. The summed E-state index contributed by atoms with van der Waals surface area (Å²) in [5.41, 5.74) is 5.01. The number of sulfonamides is 1. The van der Waals surface area contributed by atoms with Crippen LogP contribution in [0.2, 0.25) is 0 Å². The Bertz CT molecular complexity index is 1400. The number of rotatable bonds is 8. The molecule has 3 aromatic carbocycles. The minimum atomic E-state index is -3.73. The predicted molar refractivity (Wildman–Crippen MR) is 132 cm³/mol. The Morgan fingerprint density at radius 3 is 2.26 bits per heavy atom. The SMILES string of the molecule is Cc1cc(C)n(Cc2cccc(CNC(=O)c3ccc(S(=O)(=O)Nc4ccccc4)cc3)c2)n1. The van der Waals surface area contributed by atoms with Crippen LogP contribution in [0.25, 0.3) is 0 Å². The number of benzene rings is 3. The minimum absolute atomic E-state index is 0.0877. The number of anilines is 1. The average molecular weight is 475 g/mol. The Morgan fingerprint density at radius 2 is 1.59 bits per heavy atom. The average Bonchev–Trinajstić information content (AvgIpc) is 3.14. The van der Waals surface area contributed by atoms with Crippen molar-refractivity contribution in [2.75, 3.05) is 4.72 Å². The number of hydrogen-bond acceptors (Lipinski definition) is 4. The second-order valence-electron chi connectivity index (χ2n) is 8.08. The second kappa shape index (κ2) is 9.93. The van der Waals surface area contributed by atoms with Crippen molar-refractivity contribution in [1.29, 1.82) is 0 Å². The fourth-order valence-electron chi connectivity index (χ4n) is 3.64. The van der Waals surface area contributed by atoms with E-state index in [9.17, 15) is 13.2 Å². The maximum absolute atomic E-state index is 12.6. The van der Waals surface area contributed by atoms with Crippen LogP contribution >= 0.6 is 0 Å². The number of para-hydroxylation sites is 1. The summed E-state index contributed by atoms with van der Waals surface area (Å²) < 4.78 is 29.6. The van der Waals surface area contributed by atoms with Crippen molar-refractivity contribution in [3.8, 4) is 0 Å². The van der Waals surface area contributed by atoms with Crippen LogP contribution in [-0.4, -0.2) is 24.1 Å². The van der Waals surface area contributed by atoms with Crippen LogP contribution in [0.3, 0.4) is 0 Å². The first-order valence-electron chi connectivity index (χ1n) is 10.9. The van der Waals surface area contributed by atoms with Gasteiger partial charge in [0.15, 0.2) is 0 Å². The summed E-state index contributed by atoms with van der Waals surface area (Å²) in [5.74, 6) is -0.274. The van der Waals surface area contributed by atoms with E-state index in [1.54, 1.807) is 24.3 Å². The van der Waals surface area contributed by atoms with Crippen molar-refractivity contribution in [1.82, 2.24) is 15.1 Å². The Kier molecular flexibility index (Phi) is 6.79. The highest BCUT2D eigenvalue weighted by Crippen LogP contribution is 2.16. The van der Waals surface area contributed by atoms with Crippen LogP contribution < -0.4 is 10.0 Å². The van der Waals surface area contributed by atoms with E-state index in [0.717, 1.165) is 22.5 Å². The van der Waals surface area contributed by atoms with Gasteiger partial charge in [0.25, 0.3) is 15.9 Å². The van der Waals surface area contributed by atoms with Crippen molar-refractivity contribution < 1.29 is 13.2 Å². The summed E-state index contributed by atoms with van der Waals surface area (Å²) in [6.07, 6.45) is 0. The molecular formula is C26H26N4O3S. The molecule has 7 nitrogen and oxygen atoms in total. The Balaban J connectivity index is 1.37. The van der Waals surface area contributed by atoms with Crippen LogP contribution in [0, 0.1) is 13.8 Å². The molecule has 4 rings (SSSR count). The first kappa shape index (κ1) is 23.3. The number of amides is 1. The third-order valence-electron chi connectivity index (χ3n) is 5.33. The lowest BCUT2D eigenvalue weighted by Crippen LogP contribution is -2.23. The van der Waals surface area contributed by atoms with Crippen LogP contribution in [-0.2, 0) is 23.1 Å². The van der Waals surface area contributed by atoms with Crippen molar-refractivity contribution >= 4 is 21.6 Å². The van der Waals surface area contributed by atoms with Crippen LogP contribution in [0.4, 0.5) is 5.69 Å². The summed E-state index contributed by atoms with van der Waals surface area (Å²) in [5, 5.41) is 7.39. The Hall–Kier alpha value is -3.91. The molecule has 0 aliphatic rings. The van der Waals surface area contributed by atoms with Gasteiger partial charge in [-0.05, 0) is 67.4 Å². The molecule has 0 atom stereocenters. The highest BCUT2D eigenvalue weighted by molar-refractivity contribution is 7.92. The minimum Gasteiger partial charge on any atom is -0.348 e. The molecule has 8 heteroatoms. The summed E-state index contributed by atoms with van der Waals surface area (Å²) in [4.78, 5) is 12.7. The van der Waals surface area contributed by atoms with E-state index in [1.165, 1.54) is 24.3 Å². The van der Waals surface area contributed by atoms with Gasteiger partial charge in [0, 0.05) is 23.5 Å². The molecule has 0 aliphatic heterocycles. The molecule has 1 heterocycles. The third kappa shape index (κ3) is 5.71. The molecule has 174 valence electrons. The van der Waals surface area contributed by atoms with E-state index in [2.05, 4.69) is 15.1 Å². The number of carbonyl (C=O) groups excluding carboxylic acids is 1. The van der Waals surface area contributed by atoms with Gasteiger partial charge in [-0.1, -0.05) is 42.5 Å². The zero-order chi connectivity index (χ0) is 24.1. The zero-order valence-electron chi connectivity index (χ0n) is 19.0. The van der Waals surface area contributed by atoms with Crippen molar-refractivity contribution in [2.45, 2.75) is 31.8 Å². The number of nitrogens with zero attached hydrogens (tertiary/aromatic N) is 2. The monoisotopic (exact) mass is 474 g/mol. The molecule has 4 aromatic rings. The molecule has 0 radical (unpaired) electrons. The number of hydrogen-bond donors (Lipinski definition) is 2. The van der Waals surface area contributed by atoms with Gasteiger partial charge in [-0.15, -0.1) is 0 Å². The fraction of sp³-hybridized carbons (Fsp3) is 0.154. The lowest BCUT2D eigenvalue weighted by Gasteiger charge is -2.10. The Labute approximate surface area is 199 Å². The van der Waals surface area contributed by atoms with E-state index in [1.807, 2.05) is 54.9 Å². The topological polar surface area (TPSA) is 93.1 Å².